The summed E-state index contributed by atoms with van der Waals surface area (Å²) in [6.07, 6.45) is 3.01. The van der Waals surface area contributed by atoms with Crippen molar-refractivity contribution in [2.45, 2.75) is 39.7 Å². The van der Waals surface area contributed by atoms with E-state index in [9.17, 15) is 0 Å². The van der Waals surface area contributed by atoms with E-state index in [4.69, 9.17) is 5.73 Å². The van der Waals surface area contributed by atoms with Crippen molar-refractivity contribution < 1.29 is 0 Å². The summed E-state index contributed by atoms with van der Waals surface area (Å²) in [5.74, 6) is 1.67. The number of aryl methyl sites for hydroxylation is 2. The van der Waals surface area contributed by atoms with E-state index >= 15 is 0 Å². The fourth-order valence-corrected chi connectivity index (χ4v) is 1.23. The maximum Gasteiger partial charge on any atom is 0.151 e. The van der Waals surface area contributed by atoms with Gasteiger partial charge in [-0.2, -0.15) is 0 Å². The molecule has 0 aliphatic heterocycles. The SMILES string of the molecule is CC(C)CCc1nnnn1CCCN. The maximum atomic E-state index is 5.44. The lowest BCUT2D eigenvalue weighted by molar-refractivity contribution is 0.514. The van der Waals surface area contributed by atoms with Crippen LogP contribution in [0.4, 0.5) is 0 Å². The van der Waals surface area contributed by atoms with E-state index in [2.05, 4.69) is 29.4 Å². The average molecular weight is 197 g/mol. The minimum Gasteiger partial charge on any atom is -0.330 e. The number of aromatic nitrogens is 4. The highest BCUT2D eigenvalue weighted by molar-refractivity contribution is 4.81. The van der Waals surface area contributed by atoms with Gasteiger partial charge in [0.05, 0.1) is 0 Å². The second kappa shape index (κ2) is 5.70. The molecule has 14 heavy (non-hydrogen) atoms. The van der Waals surface area contributed by atoms with Crippen molar-refractivity contribution in [1.82, 2.24) is 20.2 Å². The molecule has 0 saturated carbocycles. The van der Waals surface area contributed by atoms with Gasteiger partial charge in [-0.1, -0.05) is 13.8 Å². The third kappa shape index (κ3) is 3.41. The molecule has 0 spiro atoms. The molecule has 5 nitrogen and oxygen atoms in total. The van der Waals surface area contributed by atoms with Gasteiger partial charge in [0, 0.05) is 13.0 Å². The Hall–Kier alpha value is -0.970. The smallest absolute Gasteiger partial charge is 0.151 e. The zero-order chi connectivity index (χ0) is 10.4. The summed E-state index contributed by atoms with van der Waals surface area (Å²) in [6.45, 7) is 5.92. The topological polar surface area (TPSA) is 69.6 Å². The molecular weight excluding hydrogens is 178 g/mol. The van der Waals surface area contributed by atoms with Gasteiger partial charge in [-0.05, 0) is 35.7 Å². The van der Waals surface area contributed by atoms with E-state index in [1.54, 1.807) is 0 Å². The lowest BCUT2D eigenvalue weighted by Gasteiger charge is -2.05. The van der Waals surface area contributed by atoms with Crippen molar-refractivity contribution in [3.8, 4) is 0 Å². The van der Waals surface area contributed by atoms with Gasteiger partial charge in [0.1, 0.15) is 0 Å². The van der Waals surface area contributed by atoms with Gasteiger partial charge in [-0.3, -0.25) is 0 Å². The normalized spacial score (nSPS) is 11.1. The summed E-state index contributed by atoms with van der Waals surface area (Å²) in [5, 5.41) is 11.6. The largest absolute Gasteiger partial charge is 0.330 e. The van der Waals surface area contributed by atoms with E-state index < -0.39 is 0 Å². The summed E-state index contributed by atoms with van der Waals surface area (Å²) in [5.41, 5.74) is 5.44. The van der Waals surface area contributed by atoms with Gasteiger partial charge in [-0.15, -0.1) is 5.10 Å². The van der Waals surface area contributed by atoms with Crippen LogP contribution in [0.2, 0.25) is 0 Å². The maximum absolute atomic E-state index is 5.44. The average Bonchev–Trinajstić information content (AvgIpc) is 2.58. The Morgan fingerprint density at radius 2 is 2.21 bits per heavy atom. The highest BCUT2D eigenvalue weighted by Crippen LogP contribution is 2.05. The van der Waals surface area contributed by atoms with Crippen molar-refractivity contribution in [3.63, 3.8) is 0 Å². The molecule has 0 atom stereocenters. The van der Waals surface area contributed by atoms with E-state index in [0.717, 1.165) is 31.6 Å². The lowest BCUT2D eigenvalue weighted by atomic mass is 10.1. The molecule has 1 rings (SSSR count). The summed E-state index contributed by atoms with van der Waals surface area (Å²) < 4.78 is 1.86. The molecule has 0 fully saturated rings. The molecule has 2 N–H and O–H groups in total. The molecular formula is C9H19N5. The molecule has 0 aliphatic rings. The molecule has 1 aromatic rings. The minimum absolute atomic E-state index is 0.684. The first-order chi connectivity index (χ1) is 6.74. The zero-order valence-corrected chi connectivity index (χ0v) is 8.98. The standard InChI is InChI=1S/C9H19N5/c1-8(2)4-5-9-11-12-13-14(9)7-3-6-10/h8H,3-7,10H2,1-2H3. The highest BCUT2D eigenvalue weighted by Gasteiger charge is 2.05. The van der Waals surface area contributed by atoms with Crippen LogP contribution >= 0.6 is 0 Å². The number of hydrogen-bond acceptors (Lipinski definition) is 4. The van der Waals surface area contributed by atoms with Crippen LogP contribution in [0.1, 0.15) is 32.5 Å². The Kier molecular flexibility index (Phi) is 4.52. The number of rotatable bonds is 6. The van der Waals surface area contributed by atoms with Crippen LogP contribution in [0, 0.1) is 5.92 Å². The van der Waals surface area contributed by atoms with Gasteiger partial charge >= 0.3 is 0 Å². The van der Waals surface area contributed by atoms with Crippen LogP contribution in [0.15, 0.2) is 0 Å². The Morgan fingerprint density at radius 1 is 1.43 bits per heavy atom. The second-order valence-corrected chi connectivity index (χ2v) is 3.89. The fourth-order valence-electron chi connectivity index (χ4n) is 1.23. The van der Waals surface area contributed by atoms with Crippen LogP contribution in [-0.4, -0.2) is 26.8 Å². The second-order valence-electron chi connectivity index (χ2n) is 3.89. The fraction of sp³-hybridized carbons (Fsp3) is 0.889. The minimum atomic E-state index is 0.684. The Bertz CT molecular complexity index is 255. The molecule has 5 heteroatoms. The number of tetrazole rings is 1. The number of nitrogens with two attached hydrogens (primary N) is 1. The van der Waals surface area contributed by atoms with Crippen molar-refractivity contribution in [3.05, 3.63) is 5.82 Å². The summed E-state index contributed by atoms with van der Waals surface area (Å²) >= 11 is 0. The van der Waals surface area contributed by atoms with Crippen molar-refractivity contribution in [2.24, 2.45) is 11.7 Å². The predicted molar refractivity (Wildman–Crippen MR) is 54.6 cm³/mol. The van der Waals surface area contributed by atoms with Crippen LogP contribution in [0.3, 0.4) is 0 Å². The van der Waals surface area contributed by atoms with Crippen molar-refractivity contribution >= 4 is 0 Å². The Labute approximate surface area is 84.7 Å². The van der Waals surface area contributed by atoms with Crippen LogP contribution in [0.25, 0.3) is 0 Å². The Morgan fingerprint density at radius 3 is 2.86 bits per heavy atom. The molecule has 0 amide bonds. The highest BCUT2D eigenvalue weighted by atomic mass is 15.5. The van der Waals surface area contributed by atoms with Gasteiger partial charge in [0.15, 0.2) is 5.82 Å². The van der Waals surface area contributed by atoms with E-state index in [0.29, 0.717) is 12.5 Å². The molecule has 1 heterocycles. The molecule has 0 bridgehead atoms. The quantitative estimate of drug-likeness (QED) is 0.725. The van der Waals surface area contributed by atoms with E-state index in [-0.39, 0.29) is 0 Å². The van der Waals surface area contributed by atoms with Crippen LogP contribution in [0.5, 0.6) is 0 Å². The first kappa shape index (κ1) is 11.1. The van der Waals surface area contributed by atoms with Crippen LogP contribution < -0.4 is 5.73 Å². The molecule has 1 aromatic heterocycles. The number of hydrogen-bond donors (Lipinski definition) is 1. The zero-order valence-electron chi connectivity index (χ0n) is 8.98. The lowest BCUT2D eigenvalue weighted by Crippen LogP contribution is -2.10. The summed E-state index contributed by atoms with van der Waals surface area (Å²) in [6, 6.07) is 0. The first-order valence-electron chi connectivity index (χ1n) is 5.19. The number of nitrogens with zero attached hydrogens (tertiary/aromatic N) is 4. The first-order valence-corrected chi connectivity index (χ1v) is 5.19. The molecule has 0 radical (unpaired) electrons. The van der Waals surface area contributed by atoms with Gasteiger partial charge in [0.2, 0.25) is 0 Å². The molecule has 0 saturated heterocycles. The predicted octanol–water partition coefficient (Wildman–Crippen LogP) is 0.610. The molecule has 0 aromatic carbocycles. The summed E-state index contributed by atoms with van der Waals surface area (Å²) in [7, 11) is 0. The molecule has 0 unspecified atom stereocenters. The van der Waals surface area contributed by atoms with Crippen LogP contribution in [-0.2, 0) is 13.0 Å². The molecule has 0 aliphatic carbocycles. The van der Waals surface area contributed by atoms with Gasteiger partial charge in [-0.25, -0.2) is 4.68 Å². The Balaban J connectivity index is 2.45. The summed E-state index contributed by atoms with van der Waals surface area (Å²) in [4.78, 5) is 0. The third-order valence-corrected chi connectivity index (χ3v) is 2.13. The molecule has 80 valence electrons. The van der Waals surface area contributed by atoms with Crippen molar-refractivity contribution in [2.75, 3.05) is 6.54 Å². The van der Waals surface area contributed by atoms with Gasteiger partial charge < -0.3 is 5.73 Å². The van der Waals surface area contributed by atoms with Crippen molar-refractivity contribution in [1.29, 1.82) is 0 Å². The van der Waals surface area contributed by atoms with E-state index in [1.165, 1.54) is 0 Å². The van der Waals surface area contributed by atoms with E-state index in [1.807, 2.05) is 4.68 Å². The van der Waals surface area contributed by atoms with Gasteiger partial charge in [0.25, 0.3) is 0 Å². The third-order valence-electron chi connectivity index (χ3n) is 2.13. The monoisotopic (exact) mass is 197 g/mol.